The van der Waals surface area contributed by atoms with Crippen molar-refractivity contribution in [2.45, 2.75) is 50.1 Å². The van der Waals surface area contributed by atoms with Crippen LogP contribution in [0.4, 0.5) is 0 Å². The smallest absolute Gasteiger partial charge is 0.254 e. The standard InChI is InChI=1S/C24H29N3O5S/c1-14-16(10-7-11-18(14)28)22(31)26-17(12-15-8-5-4-6-9-15)19(29)23(32)27-13-33-24(2,3)20(27)21(25)30/h4-11,17,19-20,28-29H,12-13H2,1-3H3,(H2,25,30)(H,26,31)/t17-,19-,20?/m0/s1. The van der Waals surface area contributed by atoms with Crippen LogP contribution in [0.1, 0.15) is 35.3 Å². The fourth-order valence-corrected chi connectivity index (χ4v) is 5.17. The summed E-state index contributed by atoms with van der Waals surface area (Å²) in [4.78, 5) is 39.7. The molecule has 0 aliphatic carbocycles. The minimum absolute atomic E-state index is 0.0282. The Balaban J connectivity index is 1.88. The molecule has 0 saturated carbocycles. The molecule has 1 fully saturated rings. The molecule has 0 radical (unpaired) electrons. The van der Waals surface area contributed by atoms with Gasteiger partial charge in [-0.15, -0.1) is 11.8 Å². The van der Waals surface area contributed by atoms with Crippen molar-refractivity contribution in [3.05, 3.63) is 65.2 Å². The molecule has 176 valence electrons. The third kappa shape index (κ3) is 5.31. The van der Waals surface area contributed by atoms with Crippen molar-refractivity contribution in [1.29, 1.82) is 0 Å². The van der Waals surface area contributed by atoms with Gasteiger partial charge in [-0.3, -0.25) is 14.4 Å². The van der Waals surface area contributed by atoms with Crippen LogP contribution < -0.4 is 11.1 Å². The van der Waals surface area contributed by atoms with Gasteiger partial charge >= 0.3 is 0 Å². The molecule has 0 spiro atoms. The number of aliphatic hydroxyl groups is 1. The van der Waals surface area contributed by atoms with Gasteiger partial charge in [-0.2, -0.15) is 0 Å². The molecule has 5 N–H and O–H groups in total. The Hall–Kier alpha value is -3.04. The molecule has 8 nitrogen and oxygen atoms in total. The summed E-state index contributed by atoms with van der Waals surface area (Å²) in [5.74, 6) is -1.68. The lowest BCUT2D eigenvalue weighted by molar-refractivity contribution is -0.146. The van der Waals surface area contributed by atoms with E-state index < -0.39 is 40.7 Å². The second-order valence-corrected chi connectivity index (χ2v) is 10.3. The number of nitrogens with two attached hydrogens (primary N) is 1. The first-order valence-electron chi connectivity index (χ1n) is 10.6. The van der Waals surface area contributed by atoms with Crippen LogP contribution >= 0.6 is 11.8 Å². The maximum absolute atomic E-state index is 13.3. The van der Waals surface area contributed by atoms with Crippen LogP contribution in [0.15, 0.2) is 48.5 Å². The predicted octanol–water partition coefficient (Wildman–Crippen LogP) is 1.57. The number of thioether (sulfide) groups is 1. The highest BCUT2D eigenvalue weighted by molar-refractivity contribution is 8.00. The molecule has 1 heterocycles. The number of phenols is 1. The number of carbonyl (C=O) groups is 3. The van der Waals surface area contributed by atoms with E-state index >= 15 is 0 Å². The van der Waals surface area contributed by atoms with Crippen molar-refractivity contribution in [2.75, 3.05) is 5.88 Å². The molecule has 3 atom stereocenters. The van der Waals surface area contributed by atoms with Crippen molar-refractivity contribution in [3.63, 3.8) is 0 Å². The Morgan fingerprint density at radius 3 is 2.48 bits per heavy atom. The zero-order valence-corrected chi connectivity index (χ0v) is 19.6. The van der Waals surface area contributed by atoms with Crippen molar-refractivity contribution < 1.29 is 24.6 Å². The van der Waals surface area contributed by atoms with Gasteiger partial charge in [-0.1, -0.05) is 36.4 Å². The second-order valence-electron chi connectivity index (χ2n) is 8.65. The first kappa shape index (κ1) is 24.6. The summed E-state index contributed by atoms with van der Waals surface area (Å²) in [7, 11) is 0. The zero-order valence-electron chi connectivity index (χ0n) is 18.8. The minimum atomic E-state index is -1.61. The van der Waals surface area contributed by atoms with E-state index in [2.05, 4.69) is 5.32 Å². The summed E-state index contributed by atoms with van der Waals surface area (Å²) in [5, 5.41) is 23.8. The number of hydrogen-bond donors (Lipinski definition) is 4. The Kier molecular flexibility index (Phi) is 7.34. The lowest BCUT2D eigenvalue weighted by Gasteiger charge is -2.32. The van der Waals surface area contributed by atoms with Gasteiger partial charge in [-0.25, -0.2) is 0 Å². The lowest BCUT2D eigenvalue weighted by atomic mass is 9.97. The monoisotopic (exact) mass is 471 g/mol. The molecule has 1 aliphatic heterocycles. The molecule has 2 aromatic carbocycles. The van der Waals surface area contributed by atoms with Gasteiger partial charge in [0.1, 0.15) is 11.8 Å². The Morgan fingerprint density at radius 2 is 1.85 bits per heavy atom. The summed E-state index contributed by atoms with van der Waals surface area (Å²) >= 11 is 1.40. The van der Waals surface area contributed by atoms with E-state index in [-0.39, 0.29) is 23.6 Å². The quantitative estimate of drug-likeness (QED) is 0.485. The molecule has 2 aromatic rings. The Labute approximate surface area is 197 Å². The summed E-state index contributed by atoms with van der Waals surface area (Å²) in [6, 6.07) is 11.9. The number of hydrogen-bond acceptors (Lipinski definition) is 6. The normalized spacial score (nSPS) is 19.0. The van der Waals surface area contributed by atoms with Gasteiger partial charge in [0.25, 0.3) is 11.8 Å². The fourth-order valence-electron chi connectivity index (χ4n) is 4.02. The zero-order chi connectivity index (χ0) is 24.3. The highest BCUT2D eigenvalue weighted by atomic mass is 32.2. The lowest BCUT2D eigenvalue weighted by Crippen LogP contribution is -2.58. The van der Waals surface area contributed by atoms with Crippen LogP contribution in [0.25, 0.3) is 0 Å². The van der Waals surface area contributed by atoms with Crippen LogP contribution in [-0.4, -0.2) is 61.6 Å². The van der Waals surface area contributed by atoms with E-state index in [1.807, 2.05) is 44.2 Å². The molecule has 0 bridgehead atoms. The fraction of sp³-hybridized carbons (Fsp3) is 0.375. The average Bonchev–Trinajstić information content (AvgIpc) is 3.10. The molecule has 33 heavy (non-hydrogen) atoms. The number of primary amides is 1. The van der Waals surface area contributed by atoms with Gasteiger partial charge in [0.15, 0.2) is 6.10 Å². The number of benzene rings is 2. The highest BCUT2D eigenvalue weighted by Gasteiger charge is 2.49. The third-order valence-electron chi connectivity index (χ3n) is 5.90. The number of carbonyl (C=O) groups excluding carboxylic acids is 3. The van der Waals surface area contributed by atoms with Crippen molar-refractivity contribution in [3.8, 4) is 5.75 Å². The second kappa shape index (κ2) is 9.84. The maximum Gasteiger partial charge on any atom is 0.254 e. The molecule has 9 heteroatoms. The number of rotatable bonds is 7. The molecule has 1 saturated heterocycles. The van der Waals surface area contributed by atoms with Crippen LogP contribution in [0.2, 0.25) is 0 Å². The summed E-state index contributed by atoms with van der Waals surface area (Å²) < 4.78 is -0.599. The van der Waals surface area contributed by atoms with Crippen LogP contribution in [-0.2, 0) is 16.0 Å². The van der Waals surface area contributed by atoms with E-state index in [1.165, 1.54) is 22.7 Å². The van der Waals surface area contributed by atoms with Gasteiger partial charge in [0.2, 0.25) is 5.91 Å². The first-order valence-corrected chi connectivity index (χ1v) is 11.6. The largest absolute Gasteiger partial charge is 0.508 e. The predicted molar refractivity (Wildman–Crippen MR) is 127 cm³/mol. The number of amides is 3. The number of nitrogens with zero attached hydrogens (tertiary/aromatic N) is 1. The molecular weight excluding hydrogens is 442 g/mol. The third-order valence-corrected chi connectivity index (χ3v) is 7.27. The molecule has 3 rings (SSSR count). The highest BCUT2D eigenvalue weighted by Crippen LogP contribution is 2.39. The van der Waals surface area contributed by atoms with E-state index in [0.29, 0.717) is 5.56 Å². The number of phenolic OH excluding ortho intramolecular Hbond substituents is 1. The minimum Gasteiger partial charge on any atom is -0.508 e. The topological polar surface area (TPSA) is 133 Å². The van der Waals surface area contributed by atoms with Crippen LogP contribution in [0, 0.1) is 6.92 Å². The number of nitrogens with one attached hydrogen (secondary N) is 1. The van der Waals surface area contributed by atoms with Gasteiger partial charge < -0.3 is 26.2 Å². The van der Waals surface area contributed by atoms with E-state index in [9.17, 15) is 24.6 Å². The van der Waals surface area contributed by atoms with Crippen LogP contribution in [0.3, 0.4) is 0 Å². The number of aliphatic hydroxyl groups excluding tert-OH is 1. The summed E-state index contributed by atoms with van der Waals surface area (Å²) in [6.45, 7) is 5.25. The van der Waals surface area contributed by atoms with Crippen molar-refractivity contribution in [2.24, 2.45) is 5.73 Å². The van der Waals surface area contributed by atoms with Gasteiger partial charge in [0.05, 0.1) is 11.9 Å². The van der Waals surface area contributed by atoms with Gasteiger partial charge in [-0.05, 0) is 44.9 Å². The first-order chi connectivity index (χ1) is 15.5. The molecule has 0 aromatic heterocycles. The maximum atomic E-state index is 13.3. The van der Waals surface area contributed by atoms with Crippen molar-refractivity contribution in [1.82, 2.24) is 10.2 Å². The number of aromatic hydroxyl groups is 1. The summed E-state index contributed by atoms with van der Waals surface area (Å²) in [6.07, 6.45) is -1.42. The van der Waals surface area contributed by atoms with E-state index in [0.717, 1.165) is 5.56 Å². The van der Waals surface area contributed by atoms with E-state index in [1.54, 1.807) is 19.1 Å². The van der Waals surface area contributed by atoms with Crippen molar-refractivity contribution >= 4 is 29.5 Å². The van der Waals surface area contributed by atoms with Gasteiger partial charge in [0, 0.05) is 15.9 Å². The molecular formula is C24H29N3O5S. The summed E-state index contributed by atoms with van der Waals surface area (Å²) in [5.41, 5.74) is 7.00. The molecule has 1 aliphatic rings. The Morgan fingerprint density at radius 1 is 1.18 bits per heavy atom. The SMILES string of the molecule is Cc1c(O)cccc1C(=O)N[C@@H](Cc1ccccc1)[C@H](O)C(=O)N1CSC(C)(C)C1C(N)=O. The average molecular weight is 472 g/mol. The molecule has 1 unspecified atom stereocenters. The Bertz CT molecular complexity index is 1040. The van der Waals surface area contributed by atoms with Crippen LogP contribution in [0.5, 0.6) is 5.75 Å². The van der Waals surface area contributed by atoms with E-state index in [4.69, 9.17) is 5.73 Å². The molecule has 3 amide bonds.